The normalized spacial score (nSPS) is 11.5. The van der Waals surface area contributed by atoms with Crippen molar-refractivity contribution in [1.82, 2.24) is 9.03 Å². The van der Waals surface area contributed by atoms with Crippen LogP contribution < -0.4 is 4.72 Å². The van der Waals surface area contributed by atoms with Crippen molar-refractivity contribution in [3.8, 4) is 12.3 Å². The summed E-state index contributed by atoms with van der Waals surface area (Å²) >= 11 is 0. The zero-order chi connectivity index (χ0) is 8.91. The van der Waals surface area contributed by atoms with Gasteiger partial charge in [0.1, 0.15) is 0 Å². The number of hydrogen-bond donors (Lipinski definition) is 1. The molecule has 0 bridgehead atoms. The van der Waals surface area contributed by atoms with E-state index in [9.17, 15) is 8.42 Å². The molecule has 0 radical (unpaired) electrons. The largest absolute Gasteiger partial charge is 0.280 e. The van der Waals surface area contributed by atoms with Gasteiger partial charge in [0.2, 0.25) is 0 Å². The highest BCUT2D eigenvalue weighted by Gasteiger charge is 2.13. The first-order valence-corrected chi connectivity index (χ1v) is 4.63. The van der Waals surface area contributed by atoms with Crippen molar-refractivity contribution in [3.63, 3.8) is 0 Å². The van der Waals surface area contributed by atoms with Gasteiger partial charge in [0, 0.05) is 13.6 Å². The van der Waals surface area contributed by atoms with Gasteiger partial charge < -0.3 is 0 Å². The Kier molecular flexibility index (Phi) is 4.11. The van der Waals surface area contributed by atoms with Gasteiger partial charge in [0.25, 0.3) is 10.2 Å². The molecular weight excluding hydrogens is 164 g/mol. The number of nitrogens with one attached hydrogen (secondary N) is 1. The lowest BCUT2D eigenvalue weighted by Crippen LogP contribution is -2.38. The number of nitrogens with zero attached hydrogens (tertiary/aromatic N) is 1. The summed E-state index contributed by atoms with van der Waals surface area (Å²) in [4.78, 5) is 0. The molecule has 0 unspecified atom stereocenters. The molecule has 0 aliphatic heterocycles. The molecule has 0 aliphatic rings. The summed E-state index contributed by atoms with van der Waals surface area (Å²) in [5.74, 6) is 2.24. The predicted octanol–water partition coefficient (Wildman–Crippen LogP) is -0.594. The molecule has 0 fully saturated rings. The Labute approximate surface area is 67.8 Å². The lowest BCUT2D eigenvalue weighted by atomic mass is 10.7. The number of hydrogen-bond acceptors (Lipinski definition) is 2. The summed E-state index contributed by atoms with van der Waals surface area (Å²) in [6.07, 6.45) is 4.94. The second-order valence-corrected chi connectivity index (χ2v) is 3.83. The van der Waals surface area contributed by atoms with Crippen molar-refractivity contribution in [2.75, 3.05) is 20.1 Å². The molecule has 0 spiro atoms. The lowest BCUT2D eigenvalue weighted by molar-refractivity contribution is 0.491. The summed E-state index contributed by atoms with van der Waals surface area (Å²) in [5, 5.41) is 0. The monoisotopic (exact) mass is 176 g/mol. The van der Waals surface area contributed by atoms with Crippen LogP contribution in [0.15, 0.2) is 0 Å². The molecule has 0 aromatic rings. The van der Waals surface area contributed by atoms with Crippen molar-refractivity contribution in [2.45, 2.75) is 6.92 Å². The third-order valence-corrected chi connectivity index (χ3v) is 2.65. The second-order valence-electron chi connectivity index (χ2n) is 1.96. The summed E-state index contributed by atoms with van der Waals surface area (Å²) in [7, 11) is -1.90. The molecule has 0 rings (SSSR count). The van der Waals surface area contributed by atoms with E-state index in [0.717, 1.165) is 4.31 Å². The zero-order valence-corrected chi connectivity index (χ0v) is 7.48. The minimum atomic E-state index is -3.33. The molecule has 0 aromatic carbocycles. The quantitative estimate of drug-likeness (QED) is 0.582. The van der Waals surface area contributed by atoms with E-state index in [1.165, 1.54) is 7.05 Å². The first kappa shape index (κ1) is 10.4. The van der Waals surface area contributed by atoms with Crippen molar-refractivity contribution < 1.29 is 8.42 Å². The minimum Gasteiger partial charge on any atom is -0.202 e. The smallest absolute Gasteiger partial charge is 0.202 e. The Morgan fingerprint density at radius 1 is 1.64 bits per heavy atom. The van der Waals surface area contributed by atoms with Gasteiger partial charge >= 0.3 is 0 Å². The summed E-state index contributed by atoms with van der Waals surface area (Å²) in [6.45, 7) is 2.17. The maximum absolute atomic E-state index is 11.0. The number of rotatable bonds is 4. The van der Waals surface area contributed by atoms with E-state index in [-0.39, 0.29) is 6.54 Å². The van der Waals surface area contributed by atoms with Gasteiger partial charge in [-0.05, 0) is 0 Å². The molecule has 0 amide bonds. The molecule has 0 saturated carbocycles. The van der Waals surface area contributed by atoms with Crippen LogP contribution in [0, 0.1) is 12.3 Å². The fourth-order valence-electron chi connectivity index (χ4n) is 0.506. The fraction of sp³-hybridized carbons (Fsp3) is 0.667. The molecule has 1 N–H and O–H groups in total. The first-order valence-electron chi connectivity index (χ1n) is 3.19. The van der Waals surface area contributed by atoms with Crippen molar-refractivity contribution in [1.29, 1.82) is 0 Å². The average molecular weight is 176 g/mol. The summed E-state index contributed by atoms with van der Waals surface area (Å²) < 4.78 is 25.5. The summed E-state index contributed by atoms with van der Waals surface area (Å²) in [5.41, 5.74) is 0. The minimum absolute atomic E-state index is 0.0926. The fourth-order valence-corrected chi connectivity index (χ4v) is 1.34. The van der Waals surface area contributed by atoms with E-state index in [0.29, 0.717) is 6.54 Å². The van der Waals surface area contributed by atoms with Crippen molar-refractivity contribution in [2.24, 2.45) is 0 Å². The van der Waals surface area contributed by atoms with Crippen LogP contribution in [0.4, 0.5) is 0 Å². The Balaban J connectivity index is 4.21. The molecule has 4 nitrogen and oxygen atoms in total. The molecule has 64 valence electrons. The standard InChI is InChI=1S/C6H12N2O2S/c1-4-6-8(3)11(9,10)7-5-2/h1,7H,5-6H2,2-3H3. The first-order chi connectivity index (χ1) is 5.04. The van der Waals surface area contributed by atoms with Crippen LogP contribution in [0.5, 0.6) is 0 Å². The van der Waals surface area contributed by atoms with Gasteiger partial charge in [-0.15, -0.1) is 6.42 Å². The SMILES string of the molecule is C#CCN(C)S(=O)(=O)NCC. The maximum atomic E-state index is 11.0. The third-order valence-electron chi connectivity index (χ3n) is 1.05. The van der Waals surface area contributed by atoms with E-state index in [1.807, 2.05) is 0 Å². The van der Waals surface area contributed by atoms with Crippen molar-refractivity contribution in [3.05, 3.63) is 0 Å². The highest BCUT2D eigenvalue weighted by atomic mass is 32.2. The number of terminal acetylenes is 1. The Morgan fingerprint density at radius 2 is 2.18 bits per heavy atom. The predicted molar refractivity (Wildman–Crippen MR) is 44.1 cm³/mol. The second kappa shape index (κ2) is 4.34. The Hall–Kier alpha value is -0.570. The maximum Gasteiger partial charge on any atom is 0.280 e. The van der Waals surface area contributed by atoms with E-state index in [1.54, 1.807) is 6.92 Å². The zero-order valence-electron chi connectivity index (χ0n) is 6.66. The van der Waals surface area contributed by atoms with Gasteiger partial charge in [-0.25, -0.2) is 4.72 Å². The molecule has 0 aliphatic carbocycles. The Bertz CT molecular complexity index is 240. The van der Waals surface area contributed by atoms with Crippen LogP contribution in [0.25, 0.3) is 0 Å². The topological polar surface area (TPSA) is 49.4 Å². The average Bonchev–Trinajstić information content (AvgIpc) is 1.88. The van der Waals surface area contributed by atoms with Gasteiger partial charge in [-0.3, -0.25) is 0 Å². The highest BCUT2D eigenvalue weighted by molar-refractivity contribution is 7.87. The molecule has 11 heavy (non-hydrogen) atoms. The molecule has 5 heteroatoms. The molecular formula is C6H12N2O2S. The van der Waals surface area contributed by atoms with Crippen LogP contribution in [0.2, 0.25) is 0 Å². The van der Waals surface area contributed by atoms with E-state index in [2.05, 4.69) is 10.6 Å². The van der Waals surface area contributed by atoms with Crippen molar-refractivity contribution >= 4 is 10.2 Å². The Morgan fingerprint density at radius 3 is 2.55 bits per heavy atom. The van der Waals surface area contributed by atoms with E-state index < -0.39 is 10.2 Å². The molecule has 0 heterocycles. The third kappa shape index (κ3) is 3.37. The van der Waals surface area contributed by atoms with Gasteiger partial charge in [0.15, 0.2) is 0 Å². The van der Waals surface area contributed by atoms with Gasteiger partial charge in [-0.1, -0.05) is 12.8 Å². The molecule has 0 atom stereocenters. The van der Waals surface area contributed by atoms with Crippen LogP contribution in [-0.4, -0.2) is 32.9 Å². The van der Waals surface area contributed by atoms with Crippen LogP contribution in [0.3, 0.4) is 0 Å². The van der Waals surface area contributed by atoms with Gasteiger partial charge in [-0.2, -0.15) is 12.7 Å². The summed E-state index contributed by atoms with van der Waals surface area (Å²) in [6, 6.07) is 0. The highest BCUT2D eigenvalue weighted by Crippen LogP contribution is 1.90. The van der Waals surface area contributed by atoms with Crippen LogP contribution in [0.1, 0.15) is 6.92 Å². The molecule has 0 saturated heterocycles. The van der Waals surface area contributed by atoms with E-state index >= 15 is 0 Å². The van der Waals surface area contributed by atoms with Crippen LogP contribution in [-0.2, 0) is 10.2 Å². The van der Waals surface area contributed by atoms with Crippen LogP contribution >= 0.6 is 0 Å². The lowest BCUT2D eigenvalue weighted by Gasteiger charge is -2.13. The van der Waals surface area contributed by atoms with Gasteiger partial charge in [0.05, 0.1) is 6.54 Å². The van der Waals surface area contributed by atoms with E-state index in [4.69, 9.17) is 6.42 Å². The molecule has 0 aromatic heterocycles.